The Morgan fingerprint density at radius 3 is 2.35 bits per heavy atom. The zero-order valence-corrected chi connectivity index (χ0v) is 32.6. The zero-order chi connectivity index (χ0) is 39.9. The highest BCUT2D eigenvalue weighted by molar-refractivity contribution is 6.03. The molecule has 0 bridgehead atoms. The van der Waals surface area contributed by atoms with Gasteiger partial charge in [0, 0.05) is 49.9 Å². The standard InChI is InChI=1S/C44H48N6O7/c1-4-46-36-22-40(38(54-2)20-34(36)43(52)49-15-14-28-12-13-32(18-31(28)26-49)48-42(51)24-45)56-16-8-5-9-17-57-41-23-37-35(21-39(41)55-3)44(53)50-27-30-11-7-6-10-29(30)19-33(50)25-47-37/h4,6-7,10-13,18,20-23,25,33H,5,8-9,14-17,19,24,26-27,45H2,1-3H3,(H,48,51)/t33-/m0/s1. The highest BCUT2D eigenvalue weighted by Crippen LogP contribution is 2.39. The molecule has 0 radical (unpaired) electrons. The van der Waals surface area contributed by atoms with E-state index in [0.29, 0.717) is 90.5 Å². The van der Waals surface area contributed by atoms with Crippen LogP contribution in [0.4, 0.5) is 17.1 Å². The van der Waals surface area contributed by atoms with Crippen LogP contribution >= 0.6 is 0 Å². The molecule has 3 aliphatic heterocycles. The molecule has 3 heterocycles. The van der Waals surface area contributed by atoms with Gasteiger partial charge in [-0.1, -0.05) is 30.3 Å². The molecule has 3 N–H and O–H groups in total. The molecule has 4 aromatic carbocycles. The van der Waals surface area contributed by atoms with Crippen LogP contribution in [0.5, 0.6) is 23.0 Å². The molecule has 0 aromatic heterocycles. The summed E-state index contributed by atoms with van der Waals surface area (Å²) in [6, 6.07) is 20.8. The van der Waals surface area contributed by atoms with Crippen LogP contribution in [-0.4, -0.2) is 86.5 Å². The predicted octanol–water partition coefficient (Wildman–Crippen LogP) is 6.43. The minimum Gasteiger partial charge on any atom is -0.493 e. The summed E-state index contributed by atoms with van der Waals surface area (Å²) in [5.74, 6) is 1.45. The van der Waals surface area contributed by atoms with Crippen LogP contribution < -0.4 is 30.0 Å². The minimum absolute atomic E-state index is 0.0714. The number of rotatable bonds is 14. The molecule has 0 saturated carbocycles. The second-order valence-corrected chi connectivity index (χ2v) is 14.1. The Hall–Kier alpha value is -6.21. The van der Waals surface area contributed by atoms with Crippen molar-refractivity contribution >= 4 is 47.2 Å². The van der Waals surface area contributed by atoms with Gasteiger partial charge in [0.2, 0.25) is 5.91 Å². The maximum Gasteiger partial charge on any atom is 0.257 e. The van der Waals surface area contributed by atoms with E-state index in [0.717, 1.165) is 42.4 Å². The van der Waals surface area contributed by atoms with Gasteiger partial charge in [-0.25, -0.2) is 0 Å². The third-order valence-electron chi connectivity index (χ3n) is 10.5. The first-order valence-electron chi connectivity index (χ1n) is 19.3. The quantitative estimate of drug-likeness (QED) is 0.110. The highest BCUT2D eigenvalue weighted by atomic mass is 16.5. The average Bonchev–Trinajstić information content (AvgIpc) is 3.36. The number of unbranched alkanes of at least 4 members (excludes halogenated alkanes) is 2. The number of nitrogens with zero attached hydrogens (tertiary/aromatic N) is 4. The van der Waals surface area contributed by atoms with Crippen molar-refractivity contribution in [2.24, 2.45) is 15.7 Å². The minimum atomic E-state index is -0.277. The first-order valence-corrected chi connectivity index (χ1v) is 19.3. The van der Waals surface area contributed by atoms with Crippen LogP contribution in [0, 0.1) is 0 Å². The number of nitrogens with one attached hydrogen (secondary N) is 1. The normalized spacial score (nSPS) is 15.6. The van der Waals surface area contributed by atoms with E-state index < -0.39 is 0 Å². The number of nitrogens with two attached hydrogens (primary N) is 1. The van der Waals surface area contributed by atoms with Gasteiger partial charge in [-0.2, -0.15) is 0 Å². The topological polar surface area (TPSA) is 157 Å². The fraction of sp³-hybridized carbons (Fsp3) is 0.341. The largest absolute Gasteiger partial charge is 0.493 e. The molecular formula is C44H48N6O7. The van der Waals surface area contributed by atoms with E-state index in [1.807, 2.05) is 41.4 Å². The number of aliphatic imine (C=N–C) groups is 2. The molecule has 1 atom stereocenters. The molecule has 7 rings (SSSR count). The molecule has 0 spiro atoms. The lowest BCUT2D eigenvalue weighted by Crippen LogP contribution is -2.44. The monoisotopic (exact) mass is 772 g/mol. The zero-order valence-electron chi connectivity index (χ0n) is 32.6. The summed E-state index contributed by atoms with van der Waals surface area (Å²) in [7, 11) is 3.12. The van der Waals surface area contributed by atoms with Crippen LogP contribution in [0.15, 0.2) is 76.7 Å². The summed E-state index contributed by atoms with van der Waals surface area (Å²) in [4.78, 5) is 52.3. The van der Waals surface area contributed by atoms with Crippen molar-refractivity contribution in [2.75, 3.05) is 45.8 Å². The number of amides is 3. The van der Waals surface area contributed by atoms with Crippen molar-refractivity contribution in [3.05, 3.63) is 100 Å². The third kappa shape index (κ3) is 8.63. The Labute approximate surface area is 332 Å². The molecule has 0 fully saturated rings. The maximum atomic E-state index is 13.9. The van der Waals surface area contributed by atoms with E-state index >= 15 is 0 Å². The van der Waals surface area contributed by atoms with Gasteiger partial charge >= 0.3 is 0 Å². The van der Waals surface area contributed by atoms with E-state index in [4.69, 9.17) is 29.7 Å². The van der Waals surface area contributed by atoms with E-state index in [-0.39, 0.29) is 30.3 Å². The van der Waals surface area contributed by atoms with Crippen molar-refractivity contribution < 1.29 is 33.3 Å². The first-order chi connectivity index (χ1) is 27.8. The molecule has 3 aliphatic rings. The van der Waals surface area contributed by atoms with Crippen molar-refractivity contribution in [2.45, 2.75) is 58.2 Å². The van der Waals surface area contributed by atoms with Gasteiger partial charge in [0.15, 0.2) is 23.0 Å². The van der Waals surface area contributed by atoms with Gasteiger partial charge in [-0.15, -0.1) is 0 Å². The highest BCUT2D eigenvalue weighted by Gasteiger charge is 2.33. The Morgan fingerprint density at radius 1 is 0.877 bits per heavy atom. The molecule has 13 heteroatoms. The van der Waals surface area contributed by atoms with Crippen molar-refractivity contribution in [3.63, 3.8) is 0 Å². The summed E-state index contributed by atoms with van der Waals surface area (Å²) in [6.45, 7) is 4.03. The second kappa shape index (κ2) is 17.7. The lowest BCUT2D eigenvalue weighted by Gasteiger charge is -2.34. The Bertz CT molecular complexity index is 2220. The molecule has 4 aromatic rings. The first kappa shape index (κ1) is 39.0. The summed E-state index contributed by atoms with van der Waals surface area (Å²) >= 11 is 0. The third-order valence-corrected chi connectivity index (χ3v) is 10.5. The fourth-order valence-corrected chi connectivity index (χ4v) is 7.50. The summed E-state index contributed by atoms with van der Waals surface area (Å²) in [5.41, 5.74) is 12.6. The fourth-order valence-electron chi connectivity index (χ4n) is 7.50. The van der Waals surface area contributed by atoms with E-state index in [1.54, 1.807) is 56.5 Å². The molecule has 0 unspecified atom stereocenters. The lowest BCUT2D eigenvalue weighted by molar-refractivity contribution is -0.114. The van der Waals surface area contributed by atoms with E-state index in [2.05, 4.69) is 22.4 Å². The van der Waals surface area contributed by atoms with Crippen LogP contribution in [-0.2, 0) is 30.7 Å². The summed E-state index contributed by atoms with van der Waals surface area (Å²) in [5, 5.41) is 2.78. The Balaban J connectivity index is 0.935. The summed E-state index contributed by atoms with van der Waals surface area (Å²) < 4.78 is 23.6. The average molecular weight is 773 g/mol. The molecule has 13 nitrogen and oxygen atoms in total. The van der Waals surface area contributed by atoms with Crippen LogP contribution in [0.25, 0.3) is 0 Å². The van der Waals surface area contributed by atoms with Gasteiger partial charge in [0.1, 0.15) is 0 Å². The van der Waals surface area contributed by atoms with Gasteiger partial charge in [0.05, 0.1) is 62.5 Å². The number of benzene rings is 4. The Kier molecular flexibility index (Phi) is 12.1. The van der Waals surface area contributed by atoms with Gasteiger partial charge in [-0.05, 0) is 85.5 Å². The maximum absolute atomic E-state index is 13.9. The molecule has 0 saturated heterocycles. The molecular weight excluding hydrogens is 725 g/mol. The number of hydrogen-bond donors (Lipinski definition) is 2. The number of ether oxygens (including phenoxy) is 4. The SMILES string of the molecule is CC=Nc1cc(OCCCCCOc2cc3c(cc2OC)C(=O)N2Cc4ccccc4C[C@H]2C=N3)c(OC)cc1C(=O)N1CCc2ccc(NC(=O)CN)cc2C1. The molecule has 296 valence electrons. The smallest absolute Gasteiger partial charge is 0.257 e. The molecule has 3 amide bonds. The number of anilines is 1. The van der Waals surface area contributed by atoms with Crippen molar-refractivity contribution in [1.82, 2.24) is 9.80 Å². The molecule has 57 heavy (non-hydrogen) atoms. The number of methoxy groups -OCH3 is 2. The van der Waals surface area contributed by atoms with Crippen LogP contribution in [0.3, 0.4) is 0 Å². The van der Waals surface area contributed by atoms with E-state index in [1.165, 1.54) is 5.56 Å². The number of hydrogen-bond acceptors (Lipinski definition) is 10. The second-order valence-electron chi connectivity index (χ2n) is 14.1. The van der Waals surface area contributed by atoms with E-state index in [9.17, 15) is 14.4 Å². The number of carbonyl (C=O) groups is 3. The molecule has 0 aliphatic carbocycles. The lowest BCUT2D eigenvalue weighted by atomic mass is 9.94. The number of fused-ring (bicyclic) bond motifs is 4. The van der Waals surface area contributed by atoms with Gasteiger partial charge in [0.25, 0.3) is 11.8 Å². The van der Waals surface area contributed by atoms with Crippen molar-refractivity contribution in [1.29, 1.82) is 0 Å². The van der Waals surface area contributed by atoms with Crippen molar-refractivity contribution in [3.8, 4) is 23.0 Å². The van der Waals surface area contributed by atoms with Gasteiger partial charge < -0.3 is 39.8 Å². The number of carbonyl (C=O) groups excluding carboxylic acids is 3. The Morgan fingerprint density at radius 2 is 1.61 bits per heavy atom. The van der Waals surface area contributed by atoms with Crippen LogP contribution in [0.2, 0.25) is 0 Å². The van der Waals surface area contributed by atoms with Crippen LogP contribution in [0.1, 0.15) is 69.2 Å². The predicted molar refractivity (Wildman–Crippen MR) is 219 cm³/mol. The van der Waals surface area contributed by atoms with Gasteiger partial charge in [-0.3, -0.25) is 24.4 Å². The summed E-state index contributed by atoms with van der Waals surface area (Å²) in [6.07, 6.45) is 7.27.